The van der Waals surface area contributed by atoms with Gasteiger partial charge < -0.3 is 15.3 Å². The van der Waals surface area contributed by atoms with Gasteiger partial charge in [0.15, 0.2) is 0 Å². The summed E-state index contributed by atoms with van der Waals surface area (Å²) in [5, 5.41) is 11.7. The van der Waals surface area contributed by atoms with Crippen LogP contribution >= 0.6 is 11.8 Å². The Morgan fingerprint density at radius 1 is 1.03 bits per heavy atom. The fourth-order valence-corrected chi connectivity index (χ4v) is 3.85. The zero-order chi connectivity index (χ0) is 21.3. The molecule has 0 radical (unpaired) electrons. The molecule has 156 valence electrons. The lowest BCUT2D eigenvalue weighted by Crippen LogP contribution is -2.50. The summed E-state index contributed by atoms with van der Waals surface area (Å²) in [6.07, 6.45) is 0.717. The van der Waals surface area contributed by atoms with Crippen molar-refractivity contribution in [1.82, 2.24) is 10.2 Å². The smallest absolute Gasteiger partial charge is 0.325 e. The molecule has 0 fully saturated rings. The average molecular weight is 415 g/mol. The molecule has 0 aliphatic carbocycles. The van der Waals surface area contributed by atoms with Crippen LogP contribution in [-0.2, 0) is 17.0 Å². The van der Waals surface area contributed by atoms with E-state index in [1.165, 1.54) is 12.5 Å². The molecule has 5 nitrogen and oxygen atoms in total. The van der Waals surface area contributed by atoms with Crippen molar-refractivity contribution in [2.45, 2.75) is 43.7 Å². The van der Waals surface area contributed by atoms with Gasteiger partial charge in [-0.1, -0.05) is 60.7 Å². The van der Waals surface area contributed by atoms with E-state index in [1.54, 1.807) is 16.7 Å². The highest BCUT2D eigenvalue weighted by atomic mass is 32.2. The second kappa shape index (κ2) is 10.9. The minimum Gasteiger partial charge on any atom is -0.480 e. The number of nitrogens with zero attached hydrogens (tertiary/aromatic N) is 1. The molecule has 2 N–H and O–H groups in total. The normalized spacial score (nSPS) is 12.2. The van der Waals surface area contributed by atoms with Crippen LogP contribution in [0, 0.1) is 0 Å². The zero-order valence-corrected chi connectivity index (χ0v) is 18.1. The molecule has 0 aromatic heterocycles. The zero-order valence-electron chi connectivity index (χ0n) is 17.3. The molecule has 0 saturated carbocycles. The van der Waals surface area contributed by atoms with Crippen molar-refractivity contribution in [3.8, 4) is 0 Å². The number of amides is 2. The summed E-state index contributed by atoms with van der Waals surface area (Å²) in [5.74, 6) is -0.188. The van der Waals surface area contributed by atoms with Crippen molar-refractivity contribution in [2.75, 3.05) is 13.1 Å². The number of rotatable bonds is 10. The molecule has 0 heterocycles. The second-order valence-corrected chi connectivity index (χ2v) is 9.38. The number of hydrogen-bond acceptors (Lipinski definition) is 3. The molecule has 6 heteroatoms. The summed E-state index contributed by atoms with van der Waals surface area (Å²) in [6.45, 7) is 6.76. The van der Waals surface area contributed by atoms with Gasteiger partial charge in [0.2, 0.25) is 0 Å². The maximum Gasteiger partial charge on any atom is 0.325 e. The topological polar surface area (TPSA) is 69.6 Å². The van der Waals surface area contributed by atoms with Crippen molar-refractivity contribution in [3.63, 3.8) is 0 Å². The third-order valence-electron chi connectivity index (χ3n) is 4.55. The van der Waals surface area contributed by atoms with Gasteiger partial charge in [0.25, 0.3) is 0 Å². The number of hydrogen-bond donors (Lipinski definition) is 2. The molecule has 2 amide bonds. The van der Waals surface area contributed by atoms with Gasteiger partial charge in [-0.05, 0) is 38.3 Å². The first-order chi connectivity index (χ1) is 13.8. The molecule has 2 aromatic rings. The first-order valence-corrected chi connectivity index (χ1v) is 10.8. The van der Waals surface area contributed by atoms with Crippen LogP contribution in [0.2, 0.25) is 0 Å². The van der Waals surface area contributed by atoms with Crippen molar-refractivity contribution < 1.29 is 14.7 Å². The van der Waals surface area contributed by atoms with E-state index in [-0.39, 0.29) is 10.8 Å². The van der Waals surface area contributed by atoms with E-state index < -0.39 is 12.0 Å². The molecule has 0 aliphatic heterocycles. The van der Waals surface area contributed by atoms with Crippen LogP contribution in [0.15, 0.2) is 60.7 Å². The molecular formula is C23H30N2O3S. The predicted octanol–water partition coefficient (Wildman–Crippen LogP) is 4.43. The highest BCUT2D eigenvalue weighted by molar-refractivity contribution is 7.99. The highest BCUT2D eigenvalue weighted by Crippen LogP contribution is 2.29. The number of benzene rings is 2. The van der Waals surface area contributed by atoms with Gasteiger partial charge in [0, 0.05) is 23.6 Å². The average Bonchev–Trinajstić information content (AvgIpc) is 2.71. The van der Waals surface area contributed by atoms with E-state index in [0.29, 0.717) is 13.1 Å². The van der Waals surface area contributed by atoms with E-state index in [0.717, 1.165) is 17.7 Å². The van der Waals surface area contributed by atoms with Crippen molar-refractivity contribution in [3.05, 3.63) is 71.8 Å². The molecule has 2 rings (SSSR count). The van der Waals surface area contributed by atoms with Gasteiger partial charge in [-0.25, -0.2) is 4.79 Å². The largest absolute Gasteiger partial charge is 0.480 e. The van der Waals surface area contributed by atoms with Crippen LogP contribution in [-0.4, -0.2) is 45.9 Å². The van der Waals surface area contributed by atoms with Crippen LogP contribution in [0.1, 0.15) is 31.9 Å². The Kier molecular flexibility index (Phi) is 8.58. The van der Waals surface area contributed by atoms with E-state index in [1.807, 2.05) is 48.5 Å². The number of carboxylic acids is 1. The van der Waals surface area contributed by atoms with Crippen LogP contribution < -0.4 is 5.32 Å². The van der Waals surface area contributed by atoms with Gasteiger partial charge in [0.1, 0.15) is 6.04 Å². The third-order valence-corrected chi connectivity index (χ3v) is 5.94. The first-order valence-electron chi connectivity index (χ1n) is 9.77. The molecule has 0 bridgehead atoms. The minimum atomic E-state index is -1.04. The summed E-state index contributed by atoms with van der Waals surface area (Å²) in [6, 6.07) is 18.9. The quantitative estimate of drug-likeness (QED) is 0.604. The molecule has 0 unspecified atom stereocenters. The SMILES string of the molecule is C[C@H](NC(=O)N(CCc1ccccc1)CC(C)(C)SCc1ccccc1)C(=O)O. The summed E-state index contributed by atoms with van der Waals surface area (Å²) < 4.78 is -0.184. The standard InChI is InChI=1S/C23H30N2O3S/c1-18(21(26)27)24-22(28)25(15-14-19-10-6-4-7-11-19)17-23(2,3)29-16-20-12-8-5-9-13-20/h4-13,18H,14-17H2,1-3H3,(H,24,28)(H,26,27)/t18-/m0/s1. The van der Waals surface area contributed by atoms with Crippen LogP contribution in [0.3, 0.4) is 0 Å². The van der Waals surface area contributed by atoms with Crippen LogP contribution in [0.25, 0.3) is 0 Å². The molecule has 2 aromatic carbocycles. The van der Waals surface area contributed by atoms with Crippen molar-refractivity contribution in [1.29, 1.82) is 0 Å². The lowest BCUT2D eigenvalue weighted by Gasteiger charge is -2.33. The number of aliphatic carboxylic acids is 1. The van der Waals surface area contributed by atoms with Crippen LogP contribution in [0.5, 0.6) is 0 Å². The Hall–Kier alpha value is -2.47. The summed E-state index contributed by atoms with van der Waals surface area (Å²) in [5.41, 5.74) is 2.39. The van der Waals surface area contributed by atoms with Gasteiger partial charge in [-0.15, -0.1) is 11.8 Å². The Bertz CT molecular complexity index is 781. The number of nitrogens with one attached hydrogen (secondary N) is 1. The van der Waals surface area contributed by atoms with Gasteiger partial charge in [-0.2, -0.15) is 0 Å². The van der Waals surface area contributed by atoms with E-state index in [9.17, 15) is 9.59 Å². The molecule has 29 heavy (non-hydrogen) atoms. The number of urea groups is 1. The third kappa shape index (κ3) is 8.20. The summed E-state index contributed by atoms with van der Waals surface area (Å²) in [4.78, 5) is 25.6. The number of carbonyl (C=O) groups excluding carboxylic acids is 1. The summed E-state index contributed by atoms with van der Waals surface area (Å²) in [7, 11) is 0. The molecular weight excluding hydrogens is 384 g/mol. The van der Waals surface area contributed by atoms with Gasteiger partial charge in [-0.3, -0.25) is 4.79 Å². The van der Waals surface area contributed by atoms with Crippen LogP contribution in [0.4, 0.5) is 4.79 Å². The predicted molar refractivity (Wildman–Crippen MR) is 119 cm³/mol. The van der Waals surface area contributed by atoms with E-state index in [4.69, 9.17) is 5.11 Å². The maximum absolute atomic E-state index is 12.8. The van der Waals surface area contributed by atoms with E-state index >= 15 is 0 Å². The van der Waals surface area contributed by atoms with E-state index in [2.05, 4.69) is 31.3 Å². The fourth-order valence-electron chi connectivity index (χ4n) is 2.86. The monoisotopic (exact) mass is 414 g/mol. The summed E-state index contributed by atoms with van der Waals surface area (Å²) >= 11 is 1.79. The molecule has 1 atom stereocenters. The fraction of sp³-hybridized carbons (Fsp3) is 0.391. The Balaban J connectivity index is 2.03. The van der Waals surface area contributed by atoms with Crippen molar-refractivity contribution >= 4 is 23.8 Å². The van der Waals surface area contributed by atoms with Gasteiger partial charge in [0.05, 0.1) is 0 Å². The maximum atomic E-state index is 12.8. The Labute approximate surface area is 177 Å². The minimum absolute atomic E-state index is 0.184. The van der Waals surface area contributed by atoms with Crippen molar-refractivity contribution in [2.24, 2.45) is 0 Å². The highest BCUT2D eigenvalue weighted by Gasteiger charge is 2.27. The number of thioether (sulfide) groups is 1. The van der Waals surface area contributed by atoms with Gasteiger partial charge >= 0.3 is 12.0 Å². The molecule has 0 spiro atoms. The Morgan fingerprint density at radius 3 is 2.14 bits per heavy atom. The lowest BCUT2D eigenvalue weighted by molar-refractivity contribution is -0.138. The number of carboxylic acid groups (broad SMARTS) is 1. The number of carbonyl (C=O) groups is 2. The lowest BCUT2D eigenvalue weighted by atomic mass is 10.1. The Morgan fingerprint density at radius 2 is 1.59 bits per heavy atom. The molecule has 0 aliphatic rings. The second-order valence-electron chi connectivity index (χ2n) is 7.70. The molecule has 0 saturated heterocycles. The first kappa shape index (κ1) is 22.8.